The Balaban J connectivity index is 1.95. The van der Waals surface area contributed by atoms with Gasteiger partial charge in [-0.15, -0.1) is 0 Å². The van der Waals surface area contributed by atoms with Crippen LogP contribution in [-0.2, 0) is 17.9 Å². The SMILES string of the molecule is O=C(Cn1cccc(Br)c1=O)NCc1ccccc1. The third-order valence-electron chi connectivity index (χ3n) is 2.62. The molecule has 0 bridgehead atoms. The van der Waals surface area contributed by atoms with Gasteiger partial charge in [0.05, 0.1) is 4.47 Å². The van der Waals surface area contributed by atoms with Crippen LogP contribution in [0.1, 0.15) is 5.56 Å². The van der Waals surface area contributed by atoms with E-state index < -0.39 is 0 Å². The zero-order valence-corrected chi connectivity index (χ0v) is 11.8. The summed E-state index contributed by atoms with van der Waals surface area (Å²) in [4.78, 5) is 23.5. The highest BCUT2D eigenvalue weighted by molar-refractivity contribution is 9.10. The van der Waals surface area contributed by atoms with Crippen molar-refractivity contribution in [2.45, 2.75) is 13.1 Å². The minimum absolute atomic E-state index is 0.0190. The lowest BCUT2D eigenvalue weighted by molar-refractivity contribution is -0.121. The molecule has 0 saturated heterocycles. The summed E-state index contributed by atoms with van der Waals surface area (Å²) in [5, 5.41) is 2.78. The van der Waals surface area contributed by atoms with Crippen LogP contribution in [0, 0.1) is 0 Å². The maximum Gasteiger partial charge on any atom is 0.265 e. The van der Waals surface area contributed by atoms with E-state index in [1.807, 2.05) is 30.3 Å². The van der Waals surface area contributed by atoms with Crippen LogP contribution in [0.5, 0.6) is 0 Å². The van der Waals surface area contributed by atoms with E-state index in [0.717, 1.165) is 5.56 Å². The number of halogens is 1. The number of nitrogens with one attached hydrogen (secondary N) is 1. The van der Waals surface area contributed by atoms with Gasteiger partial charge < -0.3 is 9.88 Å². The largest absolute Gasteiger partial charge is 0.350 e. The molecule has 0 fully saturated rings. The number of rotatable bonds is 4. The van der Waals surface area contributed by atoms with Crippen LogP contribution in [0.2, 0.25) is 0 Å². The normalized spacial score (nSPS) is 10.2. The summed E-state index contributed by atoms with van der Waals surface area (Å²) in [5.41, 5.74) is 0.815. The van der Waals surface area contributed by atoms with Gasteiger partial charge in [0.15, 0.2) is 0 Å². The predicted molar refractivity (Wildman–Crippen MR) is 76.7 cm³/mol. The van der Waals surface area contributed by atoms with E-state index in [9.17, 15) is 9.59 Å². The molecule has 1 amide bonds. The van der Waals surface area contributed by atoms with Crippen molar-refractivity contribution < 1.29 is 4.79 Å². The number of carbonyl (C=O) groups is 1. The number of hydrogen-bond donors (Lipinski definition) is 1. The van der Waals surface area contributed by atoms with Crippen molar-refractivity contribution >= 4 is 21.8 Å². The van der Waals surface area contributed by atoms with Gasteiger partial charge in [-0.05, 0) is 33.6 Å². The van der Waals surface area contributed by atoms with Gasteiger partial charge in [0.2, 0.25) is 5.91 Å². The van der Waals surface area contributed by atoms with E-state index in [2.05, 4.69) is 21.2 Å². The number of amides is 1. The molecule has 5 heteroatoms. The van der Waals surface area contributed by atoms with Crippen molar-refractivity contribution in [2.24, 2.45) is 0 Å². The fourth-order valence-corrected chi connectivity index (χ4v) is 2.02. The molecule has 1 N–H and O–H groups in total. The van der Waals surface area contributed by atoms with E-state index in [1.165, 1.54) is 4.57 Å². The second-order valence-electron chi connectivity index (χ2n) is 4.05. The maximum atomic E-state index is 11.8. The first kappa shape index (κ1) is 13.5. The third-order valence-corrected chi connectivity index (χ3v) is 3.22. The summed E-state index contributed by atoms with van der Waals surface area (Å²) in [6.45, 7) is 0.480. The molecule has 1 aromatic heterocycles. The molecule has 2 rings (SSSR count). The molecule has 0 aliphatic rings. The highest BCUT2D eigenvalue weighted by Crippen LogP contribution is 2.01. The highest BCUT2D eigenvalue weighted by Gasteiger charge is 2.05. The molecule has 1 heterocycles. The zero-order chi connectivity index (χ0) is 13.7. The van der Waals surface area contributed by atoms with E-state index in [4.69, 9.17) is 0 Å². The lowest BCUT2D eigenvalue weighted by atomic mass is 10.2. The molecule has 98 valence electrons. The summed E-state index contributed by atoms with van der Waals surface area (Å²) in [6.07, 6.45) is 1.59. The molecule has 0 spiro atoms. The van der Waals surface area contributed by atoms with Crippen molar-refractivity contribution in [3.63, 3.8) is 0 Å². The van der Waals surface area contributed by atoms with Gasteiger partial charge in [0, 0.05) is 12.7 Å². The number of nitrogens with zero attached hydrogens (tertiary/aromatic N) is 1. The van der Waals surface area contributed by atoms with Gasteiger partial charge in [-0.25, -0.2) is 0 Å². The minimum Gasteiger partial charge on any atom is -0.350 e. The standard InChI is InChI=1S/C14H13BrN2O2/c15-12-7-4-8-17(14(12)19)10-13(18)16-9-11-5-2-1-3-6-11/h1-8H,9-10H2,(H,16,18). The second-order valence-corrected chi connectivity index (χ2v) is 4.91. The van der Waals surface area contributed by atoms with Gasteiger partial charge in [-0.1, -0.05) is 30.3 Å². The summed E-state index contributed by atoms with van der Waals surface area (Å²) in [6, 6.07) is 13.0. The molecular formula is C14H13BrN2O2. The Hall–Kier alpha value is -1.88. The summed E-state index contributed by atoms with van der Waals surface area (Å²) < 4.78 is 1.82. The number of benzene rings is 1. The first-order valence-electron chi connectivity index (χ1n) is 5.82. The molecule has 0 unspecified atom stereocenters. The van der Waals surface area contributed by atoms with Crippen LogP contribution in [0.4, 0.5) is 0 Å². The quantitative estimate of drug-likeness (QED) is 0.935. The molecule has 4 nitrogen and oxygen atoms in total. The monoisotopic (exact) mass is 320 g/mol. The molecule has 19 heavy (non-hydrogen) atoms. The number of pyridine rings is 1. The van der Waals surface area contributed by atoms with E-state index >= 15 is 0 Å². The predicted octanol–water partition coefficient (Wildman–Crippen LogP) is 1.93. The first-order chi connectivity index (χ1) is 9.16. The van der Waals surface area contributed by atoms with E-state index in [1.54, 1.807) is 18.3 Å². The first-order valence-corrected chi connectivity index (χ1v) is 6.61. The van der Waals surface area contributed by atoms with Crippen LogP contribution < -0.4 is 10.9 Å². The van der Waals surface area contributed by atoms with Crippen molar-refractivity contribution in [3.8, 4) is 0 Å². The molecule has 0 atom stereocenters. The fraction of sp³-hybridized carbons (Fsp3) is 0.143. The molecule has 0 aliphatic carbocycles. The topological polar surface area (TPSA) is 51.1 Å². The molecule has 2 aromatic rings. The zero-order valence-electron chi connectivity index (χ0n) is 10.2. The molecule has 1 aromatic carbocycles. The Morgan fingerprint density at radius 2 is 1.89 bits per heavy atom. The van der Waals surface area contributed by atoms with Crippen LogP contribution in [0.25, 0.3) is 0 Å². The Labute approximate surface area is 119 Å². The van der Waals surface area contributed by atoms with Gasteiger partial charge in [-0.2, -0.15) is 0 Å². The van der Waals surface area contributed by atoms with Gasteiger partial charge in [0.1, 0.15) is 6.54 Å². The lowest BCUT2D eigenvalue weighted by Gasteiger charge is -2.07. The van der Waals surface area contributed by atoms with Gasteiger partial charge in [0.25, 0.3) is 5.56 Å². The minimum atomic E-state index is -0.211. The third kappa shape index (κ3) is 3.79. The average Bonchev–Trinajstić information content (AvgIpc) is 2.43. The number of aromatic nitrogens is 1. The number of hydrogen-bond acceptors (Lipinski definition) is 2. The van der Waals surface area contributed by atoms with Crippen LogP contribution in [-0.4, -0.2) is 10.5 Å². The van der Waals surface area contributed by atoms with Crippen LogP contribution in [0.15, 0.2) is 57.9 Å². The molecular weight excluding hydrogens is 308 g/mol. The second kappa shape index (κ2) is 6.33. The van der Waals surface area contributed by atoms with E-state index in [0.29, 0.717) is 11.0 Å². The lowest BCUT2D eigenvalue weighted by Crippen LogP contribution is -2.31. The summed E-state index contributed by atoms with van der Waals surface area (Å²) in [7, 11) is 0. The van der Waals surface area contributed by atoms with Crippen molar-refractivity contribution in [2.75, 3.05) is 0 Å². The highest BCUT2D eigenvalue weighted by atomic mass is 79.9. The van der Waals surface area contributed by atoms with Crippen molar-refractivity contribution in [3.05, 3.63) is 69.1 Å². The Morgan fingerprint density at radius 1 is 1.16 bits per heavy atom. The van der Waals surface area contributed by atoms with Crippen molar-refractivity contribution in [1.29, 1.82) is 0 Å². The fourth-order valence-electron chi connectivity index (χ4n) is 1.64. The summed E-state index contributed by atoms with van der Waals surface area (Å²) >= 11 is 3.15. The smallest absolute Gasteiger partial charge is 0.265 e. The summed E-state index contributed by atoms with van der Waals surface area (Å²) in [5.74, 6) is -0.191. The number of carbonyl (C=O) groups excluding carboxylic acids is 1. The Bertz CT molecular complexity index is 623. The van der Waals surface area contributed by atoms with Gasteiger partial charge in [-0.3, -0.25) is 9.59 Å². The Kier molecular flexibility index (Phi) is 4.52. The van der Waals surface area contributed by atoms with Gasteiger partial charge >= 0.3 is 0 Å². The molecule has 0 saturated carbocycles. The average molecular weight is 321 g/mol. The Morgan fingerprint density at radius 3 is 2.63 bits per heavy atom. The van der Waals surface area contributed by atoms with Crippen LogP contribution in [0.3, 0.4) is 0 Å². The van der Waals surface area contributed by atoms with Crippen molar-refractivity contribution in [1.82, 2.24) is 9.88 Å². The van der Waals surface area contributed by atoms with E-state index in [-0.39, 0.29) is 18.0 Å². The molecule has 0 radical (unpaired) electrons. The maximum absolute atomic E-state index is 11.8. The molecule has 0 aliphatic heterocycles. The van der Waals surface area contributed by atoms with Crippen LogP contribution >= 0.6 is 15.9 Å².